The van der Waals surface area contributed by atoms with Crippen LogP contribution in [0.3, 0.4) is 0 Å². The molecule has 0 radical (unpaired) electrons. The standard InChI is InChI=1S/C15H21NO3S/c1-15(14(18)19-2)9-5-10-16(15)13(17)8-3-6-12-7-4-11-20-12/h4,7,11H,3,5-6,8-10H2,1-2H3/t15-/m1/s1. The number of carbonyl (C=O) groups is 2. The van der Waals surface area contributed by atoms with Crippen LogP contribution >= 0.6 is 11.3 Å². The third-order valence-electron chi connectivity index (χ3n) is 3.96. The number of likely N-dealkylation sites (tertiary alicyclic amines) is 1. The highest BCUT2D eigenvalue weighted by Crippen LogP contribution is 2.31. The summed E-state index contributed by atoms with van der Waals surface area (Å²) >= 11 is 1.72. The first-order valence-electron chi connectivity index (χ1n) is 6.99. The third-order valence-corrected chi connectivity index (χ3v) is 4.90. The van der Waals surface area contributed by atoms with Crippen molar-refractivity contribution in [3.8, 4) is 0 Å². The molecule has 1 saturated heterocycles. The number of methoxy groups -OCH3 is 1. The lowest BCUT2D eigenvalue weighted by molar-refractivity contribution is -0.158. The monoisotopic (exact) mass is 295 g/mol. The second kappa shape index (κ2) is 6.39. The van der Waals surface area contributed by atoms with Gasteiger partial charge >= 0.3 is 5.97 Å². The lowest BCUT2D eigenvalue weighted by Gasteiger charge is -2.32. The van der Waals surface area contributed by atoms with Gasteiger partial charge in [-0.15, -0.1) is 11.3 Å². The van der Waals surface area contributed by atoms with Crippen LogP contribution in [-0.4, -0.2) is 36.0 Å². The van der Waals surface area contributed by atoms with Crippen LogP contribution in [0, 0.1) is 0 Å². The fraction of sp³-hybridized carbons (Fsp3) is 0.600. The van der Waals surface area contributed by atoms with Crippen molar-refractivity contribution in [3.63, 3.8) is 0 Å². The maximum Gasteiger partial charge on any atom is 0.331 e. The molecule has 20 heavy (non-hydrogen) atoms. The van der Waals surface area contributed by atoms with Crippen molar-refractivity contribution in [2.75, 3.05) is 13.7 Å². The van der Waals surface area contributed by atoms with Crippen molar-refractivity contribution in [1.29, 1.82) is 0 Å². The summed E-state index contributed by atoms with van der Waals surface area (Å²) in [6, 6.07) is 4.11. The summed E-state index contributed by atoms with van der Waals surface area (Å²) < 4.78 is 4.85. The van der Waals surface area contributed by atoms with E-state index in [2.05, 4.69) is 6.07 Å². The first kappa shape index (κ1) is 15.0. The Hall–Kier alpha value is -1.36. The van der Waals surface area contributed by atoms with E-state index in [4.69, 9.17) is 4.74 Å². The summed E-state index contributed by atoms with van der Waals surface area (Å²) in [6.07, 6.45) is 3.79. The number of carbonyl (C=O) groups excluding carboxylic acids is 2. The van der Waals surface area contributed by atoms with Gasteiger partial charge in [0.15, 0.2) is 0 Å². The molecule has 0 saturated carbocycles. The number of aryl methyl sites for hydroxylation is 1. The molecule has 0 unspecified atom stereocenters. The molecular weight excluding hydrogens is 274 g/mol. The number of rotatable bonds is 5. The topological polar surface area (TPSA) is 46.6 Å². The molecule has 0 spiro atoms. The Kier molecular flexibility index (Phi) is 4.81. The smallest absolute Gasteiger partial charge is 0.331 e. The Labute approximate surface area is 123 Å². The SMILES string of the molecule is COC(=O)[C@@]1(C)CCCN1C(=O)CCCc1cccs1. The van der Waals surface area contributed by atoms with Crippen LogP contribution < -0.4 is 0 Å². The van der Waals surface area contributed by atoms with E-state index in [1.165, 1.54) is 12.0 Å². The number of amides is 1. The van der Waals surface area contributed by atoms with Gasteiger partial charge in [-0.1, -0.05) is 6.07 Å². The van der Waals surface area contributed by atoms with E-state index in [9.17, 15) is 9.59 Å². The quantitative estimate of drug-likeness (QED) is 0.785. The van der Waals surface area contributed by atoms with Gasteiger partial charge in [0.2, 0.25) is 5.91 Å². The molecule has 2 rings (SSSR count). The fourth-order valence-corrected chi connectivity index (χ4v) is 3.55. The summed E-state index contributed by atoms with van der Waals surface area (Å²) in [5, 5.41) is 2.05. The van der Waals surface area contributed by atoms with Crippen LogP contribution in [0.15, 0.2) is 17.5 Å². The largest absolute Gasteiger partial charge is 0.467 e. The number of nitrogens with zero attached hydrogens (tertiary/aromatic N) is 1. The molecule has 0 N–H and O–H groups in total. The van der Waals surface area contributed by atoms with E-state index < -0.39 is 5.54 Å². The van der Waals surface area contributed by atoms with Gasteiger partial charge in [-0.25, -0.2) is 4.79 Å². The van der Waals surface area contributed by atoms with Crippen LogP contribution in [0.1, 0.15) is 37.5 Å². The predicted molar refractivity (Wildman–Crippen MR) is 78.6 cm³/mol. The van der Waals surface area contributed by atoms with Gasteiger partial charge in [0.05, 0.1) is 7.11 Å². The van der Waals surface area contributed by atoms with Gasteiger partial charge in [-0.3, -0.25) is 4.79 Å². The maximum atomic E-state index is 12.3. The fourth-order valence-electron chi connectivity index (χ4n) is 2.80. The van der Waals surface area contributed by atoms with Gasteiger partial charge in [0, 0.05) is 17.8 Å². The van der Waals surface area contributed by atoms with Crippen molar-refractivity contribution < 1.29 is 14.3 Å². The molecule has 1 aliphatic heterocycles. The number of ether oxygens (including phenoxy) is 1. The Morgan fingerprint density at radius 3 is 2.95 bits per heavy atom. The molecule has 1 aromatic rings. The Morgan fingerprint density at radius 1 is 1.50 bits per heavy atom. The van der Waals surface area contributed by atoms with Gasteiger partial charge in [-0.05, 0) is 44.1 Å². The lowest BCUT2D eigenvalue weighted by Crippen LogP contribution is -2.51. The average Bonchev–Trinajstić information content (AvgIpc) is 3.07. The summed E-state index contributed by atoms with van der Waals surface area (Å²) in [4.78, 5) is 27.2. The molecule has 1 atom stereocenters. The molecule has 4 nitrogen and oxygen atoms in total. The van der Waals surface area contributed by atoms with E-state index >= 15 is 0 Å². The van der Waals surface area contributed by atoms with Gasteiger partial charge < -0.3 is 9.64 Å². The van der Waals surface area contributed by atoms with Crippen molar-refractivity contribution in [2.45, 2.75) is 44.6 Å². The Balaban J connectivity index is 1.89. The minimum Gasteiger partial charge on any atom is -0.467 e. The van der Waals surface area contributed by atoms with Crippen LogP contribution in [-0.2, 0) is 20.7 Å². The van der Waals surface area contributed by atoms with Crippen molar-refractivity contribution in [1.82, 2.24) is 4.90 Å². The summed E-state index contributed by atoms with van der Waals surface area (Å²) in [7, 11) is 1.38. The summed E-state index contributed by atoms with van der Waals surface area (Å²) in [5.41, 5.74) is -0.769. The minimum absolute atomic E-state index is 0.0620. The van der Waals surface area contributed by atoms with E-state index in [1.807, 2.05) is 18.4 Å². The first-order chi connectivity index (χ1) is 9.58. The lowest BCUT2D eigenvalue weighted by atomic mass is 9.98. The van der Waals surface area contributed by atoms with Crippen LogP contribution in [0.4, 0.5) is 0 Å². The normalized spacial score (nSPS) is 22.0. The van der Waals surface area contributed by atoms with Crippen molar-refractivity contribution in [3.05, 3.63) is 22.4 Å². The Bertz CT molecular complexity index is 471. The number of esters is 1. The molecule has 1 fully saturated rings. The summed E-state index contributed by atoms with van der Waals surface area (Å²) in [5.74, 6) is -0.242. The molecule has 0 bridgehead atoms. The predicted octanol–water partition coefficient (Wildman–Crippen LogP) is 2.62. The van der Waals surface area contributed by atoms with Crippen LogP contribution in [0.5, 0.6) is 0 Å². The zero-order chi connectivity index (χ0) is 14.6. The Morgan fingerprint density at radius 2 is 2.30 bits per heavy atom. The second-order valence-corrected chi connectivity index (χ2v) is 6.38. The molecule has 1 aromatic heterocycles. The molecule has 5 heteroatoms. The van der Waals surface area contributed by atoms with E-state index in [-0.39, 0.29) is 11.9 Å². The highest BCUT2D eigenvalue weighted by Gasteiger charge is 2.46. The highest BCUT2D eigenvalue weighted by molar-refractivity contribution is 7.09. The van der Waals surface area contributed by atoms with Gasteiger partial charge in [-0.2, -0.15) is 0 Å². The van der Waals surface area contributed by atoms with Crippen LogP contribution in [0.2, 0.25) is 0 Å². The van der Waals surface area contributed by atoms with E-state index in [0.29, 0.717) is 19.4 Å². The molecule has 1 aliphatic rings. The molecular formula is C15H21NO3S. The molecule has 1 amide bonds. The van der Waals surface area contributed by atoms with Crippen molar-refractivity contribution >= 4 is 23.2 Å². The third kappa shape index (κ3) is 3.03. The second-order valence-electron chi connectivity index (χ2n) is 5.35. The molecule has 110 valence electrons. The first-order valence-corrected chi connectivity index (χ1v) is 7.87. The summed E-state index contributed by atoms with van der Waals surface area (Å²) in [6.45, 7) is 2.46. The van der Waals surface area contributed by atoms with Gasteiger partial charge in [0.1, 0.15) is 5.54 Å². The van der Waals surface area contributed by atoms with E-state index in [0.717, 1.165) is 19.3 Å². The van der Waals surface area contributed by atoms with Crippen molar-refractivity contribution in [2.24, 2.45) is 0 Å². The zero-order valence-electron chi connectivity index (χ0n) is 12.1. The molecule has 2 heterocycles. The zero-order valence-corrected chi connectivity index (χ0v) is 12.9. The average molecular weight is 295 g/mol. The van der Waals surface area contributed by atoms with Gasteiger partial charge in [0.25, 0.3) is 0 Å². The maximum absolute atomic E-state index is 12.3. The number of hydrogen-bond acceptors (Lipinski definition) is 4. The minimum atomic E-state index is -0.769. The van der Waals surface area contributed by atoms with Crippen LogP contribution in [0.25, 0.3) is 0 Å². The molecule has 0 aliphatic carbocycles. The molecule has 0 aromatic carbocycles. The number of hydrogen-bond donors (Lipinski definition) is 0. The number of thiophene rings is 1. The van der Waals surface area contributed by atoms with E-state index in [1.54, 1.807) is 16.2 Å². The highest BCUT2D eigenvalue weighted by atomic mass is 32.1.